The van der Waals surface area contributed by atoms with Gasteiger partial charge in [-0.15, -0.1) is 0 Å². The molecule has 1 atom stereocenters. The Kier molecular flexibility index (Phi) is 5.90. The predicted octanol–water partition coefficient (Wildman–Crippen LogP) is 5.30. The van der Waals surface area contributed by atoms with Crippen LogP contribution in [0.2, 0.25) is 0 Å². The van der Waals surface area contributed by atoms with E-state index in [9.17, 15) is 5.11 Å². The summed E-state index contributed by atoms with van der Waals surface area (Å²) >= 11 is 0. The third-order valence-electron chi connectivity index (χ3n) is 4.29. The molecule has 0 aliphatic carbocycles. The number of hydrogen-bond donors (Lipinski definition) is 1. The first-order valence-corrected chi connectivity index (χ1v) is 8.32. The summed E-state index contributed by atoms with van der Waals surface area (Å²) in [6, 6.07) is 7.81. The van der Waals surface area contributed by atoms with Gasteiger partial charge in [0.1, 0.15) is 23.4 Å². The molecule has 0 radical (unpaired) electrons. The largest absolute Gasteiger partial charge is 0.469 e. The van der Waals surface area contributed by atoms with Gasteiger partial charge in [-0.2, -0.15) is 0 Å². The molecule has 2 heterocycles. The van der Waals surface area contributed by atoms with Crippen molar-refractivity contribution < 1.29 is 13.9 Å². The molecule has 0 fully saturated rings. The minimum Gasteiger partial charge on any atom is -0.469 e. The maximum atomic E-state index is 10.6. The molecule has 122 valence electrons. The molecule has 0 aromatic carbocycles. The molecule has 2 aromatic heterocycles. The third kappa shape index (κ3) is 4.51. The average Bonchev–Trinajstić information content (AvgIpc) is 3.16. The maximum absolute atomic E-state index is 10.6. The third-order valence-corrected chi connectivity index (χ3v) is 4.29. The minimum absolute atomic E-state index is 0.153. The predicted molar refractivity (Wildman–Crippen MR) is 87.7 cm³/mol. The van der Waals surface area contributed by atoms with Crippen LogP contribution in [0.15, 0.2) is 39.4 Å². The van der Waals surface area contributed by atoms with Crippen LogP contribution in [0.1, 0.15) is 69.8 Å². The van der Waals surface area contributed by atoms with Gasteiger partial charge in [-0.3, -0.25) is 0 Å². The van der Waals surface area contributed by atoms with E-state index in [1.165, 1.54) is 0 Å². The number of aliphatic hydroxyl groups is 1. The lowest BCUT2D eigenvalue weighted by Gasteiger charge is -2.29. The normalized spacial score (nSPS) is 13.5. The summed E-state index contributed by atoms with van der Waals surface area (Å²) in [4.78, 5) is 0. The lowest BCUT2D eigenvalue weighted by atomic mass is 9.80. The monoisotopic (exact) mass is 304 g/mol. The van der Waals surface area contributed by atoms with Gasteiger partial charge in [0.25, 0.3) is 0 Å². The highest BCUT2D eigenvalue weighted by Gasteiger charge is 2.30. The summed E-state index contributed by atoms with van der Waals surface area (Å²) in [5.41, 5.74) is -0.153. The number of furan rings is 2. The highest BCUT2D eigenvalue weighted by molar-refractivity contribution is 5.12. The summed E-state index contributed by atoms with van der Waals surface area (Å²) in [5.74, 6) is 2.63. The highest BCUT2D eigenvalue weighted by atomic mass is 16.4. The summed E-state index contributed by atoms with van der Waals surface area (Å²) in [6.45, 7) is 6.38. The van der Waals surface area contributed by atoms with Crippen LogP contribution in [0, 0.1) is 5.41 Å². The Morgan fingerprint density at radius 2 is 1.86 bits per heavy atom. The van der Waals surface area contributed by atoms with Gasteiger partial charge in [0.15, 0.2) is 0 Å². The summed E-state index contributed by atoms with van der Waals surface area (Å²) in [6.07, 6.45) is 7.19. The number of rotatable bonds is 9. The fourth-order valence-electron chi connectivity index (χ4n) is 2.72. The van der Waals surface area contributed by atoms with Gasteiger partial charge in [0.05, 0.1) is 6.26 Å². The van der Waals surface area contributed by atoms with Gasteiger partial charge in [0.2, 0.25) is 0 Å². The van der Waals surface area contributed by atoms with Crippen LogP contribution in [-0.4, -0.2) is 5.11 Å². The molecule has 1 N–H and O–H groups in total. The van der Waals surface area contributed by atoms with E-state index in [4.69, 9.17) is 8.83 Å². The van der Waals surface area contributed by atoms with Gasteiger partial charge >= 0.3 is 0 Å². The lowest BCUT2D eigenvalue weighted by Crippen LogP contribution is -2.21. The Bertz CT molecular complexity index is 537. The fourth-order valence-corrected chi connectivity index (χ4v) is 2.72. The highest BCUT2D eigenvalue weighted by Crippen LogP contribution is 2.38. The zero-order valence-electron chi connectivity index (χ0n) is 14.0. The maximum Gasteiger partial charge on any atom is 0.133 e. The zero-order chi connectivity index (χ0) is 16.0. The number of unbranched alkanes of at least 4 members (excludes halogenated alkanes) is 1. The summed E-state index contributed by atoms with van der Waals surface area (Å²) in [7, 11) is 0. The Morgan fingerprint density at radius 1 is 1.09 bits per heavy atom. The first kappa shape index (κ1) is 16.9. The van der Waals surface area contributed by atoms with Crippen molar-refractivity contribution in [3.05, 3.63) is 47.8 Å². The van der Waals surface area contributed by atoms with E-state index in [1.54, 1.807) is 6.26 Å². The molecule has 2 rings (SSSR count). The first-order valence-electron chi connectivity index (χ1n) is 8.32. The van der Waals surface area contributed by atoms with Crippen molar-refractivity contribution in [2.45, 2.75) is 65.4 Å². The quantitative estimate of drug-likeness (QED) is 0.684. The van der Waals surface area contributed by atoms with Crippen LogP contribution in [0.3, 0.4) is 0 Å². The number of hydrogen-bond acceptors (Lipinski definition) is 3. The van der Waals surface area contributed by atoms with E-state index >= 15 is 0 Å². The Hall–Kier alpha value is -1.48. The Morgan fingerprint density at radius 3 is 2.55 bits per heavy atom. The van der Waals surface area contributed by atoms with Crippen molar-refractivity contribution in [3.8, 4) is 0 Å². The Labute approximate surface area is 133 Å². The molecule has 2 aromatic rings. The molecule has 0 saturated carbocycles. The van der Waals surface area contributed by atoms with Gasteiger partial charge in [-0.05, 0) is 42.5 Å². The van der Waals surface area contributed by atoms with Gasteiger partial charge in [0, 0.05) is 12.8 Å². The van der Waals surface area contributed by atoms with Crippen LogP contribution < -0.4 is 0 Å². The molecular weight excluding hydrogens is 276 g/mol. The second-order valence-electron chi connectivity index (χ2n) is 6.73. The second kappa shape index (κ2) is 7.68. The molecule has 0 amide bonds. The van der Waals surface area contributed by atoms with E-state index in [1.807, 2.05) is 24.3 Å². The molecule has 3 heteroatoms. The van der Waals surface area contributed by atoms with E-state index in [-0.39, 0.29) is 5.41 Å². The van der Waals surface area contributed by atoms with Crippen molar-refractivity contribution in [3.63, 3.8) is 0 Å². The molecule has 0 bridgehead atoms. The van der Waals surface area contributed by atoms with Gasteiger partial charge < -0.3 is 13.9 Å². The van der Waals surface area contributed by atoms with Crippen LogP contribution in [0.5, 0.6) is 0 Å². The van der Waals surface area contributed by atoms with Crippen molar-refractivity contribution in [1.29, 1.82) is 0 Å². The molecule has 0 saturated heterocycles. The molecular formula is C19H28O3. The van der Waals surface area contributed by atoms with Crippen molar-refractivity contribution in [1.82, 2.24) is 0 Å². The van der Waals surface area contributed by atoms with Crippen LogP contribution >= 0.6 is 0 Å². The van der Waals surface area contributed by atoms with Crippen molar-refractivity contribution in [2.24, 2.45) is 5.41 Å². The first-order chi connectivity index (χ1) is 10.5. The van der Waals surface area contributed by atoms with Gasteiger partial charge in [-0.25, -0.2) is 0 Å². The smallest absolute Gasteiger partial charge is 0.133 e. The SMILES string of the molecule is CCCCC(C)(C)C(O)c1ccc(CCCc2ccco2)o1. The molecule has 22 heavy (non-hydrogen) atoms. The van der Waals surface area contributed by atoms with E-state index in [0.29, 0.717) is 5.76 Å². The van der Waals surface area contributed by atoms with Crippen LogP contribution in [0.25, 0.3) is 0 Å². The Balaban J connectivity index is 1.87. The van der Waals surface area contributed by atoms with Crippen LogP contribution in [0.4, 0.5) is 0 Å². The van der Waals surface area contributed by atoms with Crippen LogP contribution in [-0.2, 0) is 12.8 Å². The van der Waals surface area contributed by atoms with E-state index in [2.05, 4.69) is 20.8 Å². The molecule has 1 unspecified atom stereocenters. The second-order valence-corrected chi connectivity index (χ2v) is 6.73. The standard InChI is InChI=1S/C19H28O3/c1-4-5-13-19(2,3)18(20)17-12-11-16(22-17)9-6-8-15-10-7-14-21-15/h7,10-12,14,18,20H,4-6,8-9,13H2,1-3H3. The molecule has 0 aliphatic rings. The summed E-state index contributed by atoms with van der Waals surface area (Å²) in [5, 5.41) is 10.6. The molecule has 0 spiro atoms. The van der Waals surface area contributed by atoms with E-state index in [0.717, 1.165) is 50.0 Å². The average molecular weight is 304 g/mol. The van der Waals surface area contributed by atoms with E-state index < -0.39 is 6.10 Å². The zero-order valence-corrected chi connectivity index (χ0v) is 14.0. The fraction of sp³-hybridized carbons (Fsp3) is 0.579. The topological polar surface area (TPSA) is 46.5 Å². The molecule has 3 nitrogen and oxygen atoms in total. The summed E-state index contributed by atoms with van der Waals surface area (Å²) < 4.78 is 11.2. The van der Waals surface area contributed by atoms with Crippen molar-refractivity contribution in [2.75, 3.05) is 0 Å². The lowest BCUT2D eigenvalue weighted by molar-refractivity contribution is 0.0233. The minimum atomic E-state index is -0.544. The number of aryl methyl sites for hydroxylation is 2. The molecule has 0 aliphatic heterocycles. The van der Waals surface area contributed by atoms with Crippen molar-refractivity contribution >= 4 is 0 Å². The number of aliphatic hydroxyl groups excluding tert-OH is 1. The van der Waals surface area contributed by atoms with Gasteiger partial charge in [-0.1, -0.05) is 33.6 Å².